The summed E-state index contributed by atoms with van der Waals surface area (Å²) in [5.74, 6) is 0. The minimum atomic E-state index is -0.318. The van der Waals surface area contributed by atoms with Crippen LogP contribution in [0, 0.1) is 10.1 Å². The first kappa shape index (κ1) is 11.3. The number of hydrogen-bond donors (Lipinski definition) is 0. The maximum Gasteiger partial charge on any atom is 0.246 e. The molecule has 0 saturated carbocycles. The van der Waals surface area contributed by atoms with E-state index < -0.39 is 0 Å². The van der Waals surface area contributed by atoms with Gasteiger partial charge < -0.3 is 0 Å². The van der Waals surface area contributed by atoms with Gasteiger partial charge in [0, 0.05) is 12.5 Å². The quantitative estimate of drug-likeness (QED) is 0.590. The summed E-state index contributed by atoms with van der Waals surface area (Å²) in [5.41, 5.74) is 1.14. The molecular formula is C14H13NO2. The van der Waals surface area contributed by atoms with Crippen LogP contribution in [-0.2, 0) is 0 Å². The Bertz CT molecular complexity index is 582. The van der Waals surface area contributed by atoms with Crippen LogP contribution in [0.15, 0.2) is 48.2 Å². The summed E-state index contributed by atoms with van der Waals surface area (Å²) in [7, 11) is 0. The van der Waals surface area contributed by atoms with Crippen molar-refractivity contribution in [2.24, 2.45) is 0 Å². The molecule has 0 saturated heterocycles. The maximum atomic E-state index is 10.8. The molecule has 3 nitrogen and oxygen atoms in total. The largest absolute Gasteiger partial charge is 0.259 e. The lowest BCUT2D eigenvalue weighted by Crippen LogP contribution is -1.96. The number of fused-ring (bicyclic) bond motifs is 1. The summed E-state index contributed by atoms with van der Waals surface area (Å²) in [6, 6.07) is 13.7. The van der Waals surface area contributed by atoms with E-state index in [1.165, 1.54) is 0 Å². The highest BCUT2D eigenvalue weighted by Gasteiger charge is 2.08. The van der Waals surface area contributed by atoms with E-state index in [2.05, 4.69) is 0 Å². The molecule has 2 aromatic rings. The van der Waals surface area contributed by atoms with Crippen molar-refractivity contribution >= 4 is 16.8 Å². The van der Waals surface area contributed by atoms with Gasteiger partial charge in [0.1, 0.15) is 0 Å². The van der Waals surface area contributed by atoms with Crippen LogP contribution in [0.3, 0.4) is 0 Å². The van der Waals surface area contributed by atoms with E-state index in [4.69, 9.17) is 0 Å². The molecule has 0 aliphatic heterocycles. The molecule has 86 valence electrons. The van der Waals surface area contributed by atoms with Crippen LogP contribution in [-0.4, -0.2) is 4.92 Å². The molecule has 0 unspecified atom stereocenters. The average molecular weight is 227 g/mol. The van der Waals surface area contributed by atoms with Crippen molar-refractivity contribution in [2.75, 3.05) is 0 Å². The molecule has 3 heteroatoms. The molecule has 0 atom stereocenters. The fourth-order valence-electron chi connectivity index (χ4n) is 1.84. The second-order valence-electron chi connectivity index (χ2n) is 3.81. The lowest BCUT2D eigenvalue weighted by molar-refractivity contribution is -0.425. The predicted molar refractivity (Wildman–Crippen MR) is 69.2 cm³/mol. The van der Waals surface area contributed by atoms with Gasteiger partial charge in [-0.1, -0.05) is 49.4 Å². The van der Waals surface area contributed by atoms with Crippen molar-refractivity contribution in [1.82, 2.24) is 0 Å². The minimum absolute atomic E-state index is 0.237. The summed E-state index contributed by atoms with van der Waals surface area (Å²) in [6.07, 6.45) is 2.08. The van der Waals surface area contributed by atoms with Gasteiger partial charge in [-0.2, -0.15) is 0 Å². The van der Waals surface area contributed by atoms with Crippen molar-refractivity contribution in [2.45, 2.75) is 13.3 Å². The maximum absolute atomic E-state index is 10.8. The Hall–Kier alpha value is -2.16. The number of nitrogens with zero attached hydrogens (tertiary/aromatic N) is 1. The Labute approximate surface area is 99.5 Å². The summed E-state index contributed by atoms with van der Waals surface area (Å²) in [5, 5.41) is 12.9. The monoisotopic (exact) mass is 227 g/mol. The number of rotatable bonds is 3. The Balaban J connectivity index is 2.59. The molecule has 0 radical (unpaired) electrons. The third kappa shape index (κ3) is 2.33. The van der Waals surface area contributed by atoms with E-state index in [0.717, 1.165) is 16.3 Å². The zero-order chi connectivity index (χ0) is 12.3. The second-order valence-corrected chi connectivity index (χ2v) is 3.81. The zero-order valence-corrected chi connectivity index (χ0v) is 9.59. The Morgan fingerprint density at radius 3 is 2.65 bits per heavy atom. The van der Waals surface area contributed by atoms with Gasteiger partial charge in [-0.05, 0) is 16.3 Å². The summed E-state index contributed by atoms with van der Waals surface area (Å²) in [4.78, 5) is 10.5. The molecule has 0 aromatic heterocycles. The van der Waals surface area contributed by atoms with Gasteiger partial charge in [-0.25, -0.2) is 0 Å². The van der Waals surface area contributed by atoms with Crippen molar-refractivity contribution in [3.8, 4) is 0 Å². The summed E-state index contributed by atoms with van der Waals surface area (Å²) in [6.45, 7) is 1.79. The third-order valence-electron chi connectivity index (χ3n) is 2.74. The van der Waals surface area contributed by atoms with E-state index in [-0.39, 0.29) is 10.6 Å². The number of allylic oxidation sites excluding steroid dienone is 1. The van der Waals surface area contributed by atoms with E-state index >= 15 is 0 Å². The topological polar surface area (TPSA) is 43.1 Å². The lowest BCUT2D eigenvalue weighted by Gasteiger charge is -2.02. The van der Waals surface area contributed by atoms with E-state index in [0.29, 0.717) is 6.42 Å². The van der Waals surface area contributed by atoms with Crippen LogP contribution in [0.25, 0.3) is 16.8 Å². The Morgan fingerprint density at radius 2 is 1.94 bits per heavy atom. The van der Waals surface area contributed by atoms with Gasteiger partial charge in [-0.15, -0.1) is 0 Å². The van der Waals surface area contributed by atoms with Gasteiger partial charge >= 0.3 is 0 Å². The standard InChI is InChI=1S/C14H13NO2/c1-2-13(15(16)17)10-12-8-5-7-11-6-3-4-9-14(11)12/h3-10H,2H2,1H3. The highest BCUT2D eigenvalue weighted by atomic mass is 16.6. The van der Waals surface area contributed by atoms with Gasteiger partial charge in [0.15, 0.2) is 0 Å². The predicted octanol–water partition coefficient (Wildman–Crippen LogP) is 3.87. The van der Waals surface area contributed by atoms with E-state index in [1.54, 1.807) is 13.0 Å². The van der Waals surface area contributed by atoms with Gasteiger partial charge in [0.25, 0.3) is 0 Å². The van der Waals surface area contributed by atoms with Gasteiger partial charge in [0.05, 0.1) is 4.92 Å². The fraction of sp³-hybridized carbons (Fsp3) is 0.143. The van der Waals surface area contributed by atoms with E-state index in [1.807, 2.05) is 42.5 Å². The first-order valence-electron chi connectivity index (χ1n) is 5.55. The number of nitro groups is 1. The lowest BCUT2D eigenvalue weighted by atomic mass is 10.0. The highest BCUT2D eigenvalue weighted by Crippen LogP contribution is 2.21. The first-order valence-corrected chi connectivity index (χ1v) is 5.55. The first-order chi connectivity index (χ1) is 8.22. The summed E-state index contributed by atoms with van der Waals surface area (Å²) < 4.78 is 0. The number of benzene rings is 2. The SMILES string of the molecule is CCC(=Cc1cccc2ccccc12)[N+](=O)[O-]. The van der Waals surface area contributed by atoms with Gasteiger partial charge in [-0.3, -0.25) is 10.1 Å². The van der Waals surface area contributed by atoms with Crippen molar-refractivity contribution < 1.29 is 4.92 Å². The molecule has 0 aliphatic rings. The molecular weight excluding hydrogens is 214 g/mol. The number of hydrogen-bond acceptors (Lipinski definition) is 2. The molecule has 0 amide bonds. The highest BCUT2D eigenvalue weighted by molar-refractivity contribution is 5.90. The minimum Gasteiger partial charge on any atom is -0.259 e. The third-order valence-corrected chi connectivity index (χ3v) is 2.74. The Morgan fingerprint density at radius 1 is 1.24 bits per heavy atom. The normalized spacial score (nSPS) is 11.7. The van der Waals surface area contributed by atoms with Crippen LogP contribution < -0.4 is 0 Å². The van der Waals surface area contributed by atoms with Crippen LogP contribution in [0.4, 0.5) is 0 Å². The molecule has 0 spiro atoms. The average Bonchev–Trinajstić information content (AvgIpc) is 2.35. The van der Waals surface area contributed by atoms with Gasteiger partial charge in [0.2, 0.25) is 5.70 Å². The summed E-state index contributed by atoms with van der Waals surface area (Å²) >= 11 is 0. The molecule has 0 heterocycles. The van der Waals surface area contributed by atoms with Crippen molar-refractivity contribution in [1.29, 1.82) is 0 Å². The smallest absolute Gasteiger partial charge is 0.246 e. The van der Waals surface area contributed by atoms with Crippen molar-refractivity contribution in [3.05, 3.63) is 63.8 Å². The molecule has 17 heavy (non-hydrogen) atoms. The molecule has 2 rings (SSSR count). The molecule has 0 aliphatic carbocycles. The second kappa shape index (κ2) is 4.78. The van der Waals surface area contributed by atoms with Crippen LogP contribution in [0.1, 0.15) is 18.9 Å². The zero-order valence-electron chi connectivity index (χ0n) is 9.59. The van der Waals surface area contributed by atoms with E-state index in [9.17, 15) is 10.1 Å². The molecule has 0 bridgehead atoms. The van der Waals surface area contributed by atoms with Crippen LogP contribution in [0.2, 0.25) is 0 Å². The van der Waals surface area contributed by atoms with Crippen molar-refractivity contribution in [3.63, 3.8) is 0 Å². The van der Waals surface area contributed by atoms with Crippen LogP contribution in [0.5, 0.6) is 0 Å². The molecule has 0 N–H and O–H groups in total. The Kier molecular flexibility index (Phi) is 3.19. The molecule has 0 fully saturated rings. The fourth-order valence-corrected chi connectivity index (χ4v) is 1.84. The molecule has 2 aromatic carbocycles. The van der Waals surface area contributed by atoms with Crippen LogP contribution >= 0.6 is 0 Å².